The maximum Gasteiger partial charge on any atom is 0.231 e. The lowest BCUT2D eigenvalue weighted by Crippen LogP contribution is -2.22. The van der Waals surface area contributed by atoms with Gasteiger partial charge < -0.3 is 19.4 Å². The first-order chi connectivity index (χ1) is 11.3. The van der Waals surface area contributed by atoms with Gasteiger partial charge in [-0.3, -0.25) is 0 Å². The molecule has 0 radical (unpaired) electrons. The van der Waals surface area contributed by atoms with E-state index in [1.54, 1.807) is 0 Å². The average Bonchev–Trinajstić information content (AvgIpc) is 3.14. The molecular formula is C17H22N4O2. The second kappa shape index (κ2) is 6.20. The largest absolute Gasteiger partial charge is 0.454 e. The molecule has 1 N–H and O–H groups in total. The fourth-order valence-corrected chi connectivity index (χ4v) is 3.31. The number of aromatic nitrogens is 3. The van der Waals surface area contributed by atoms with Crippen LogP contribution in [0.3, 0.4) is 0 Å². The molecule has 1 atom stereocenters. The van der Waals surface area contributed by atoms with Crippen molar-refractivity contribution < 1.29 is 9.47 Å². The van der Waals surface area contributed by atoms with Crippen molar-refractivity contribution >= 4 is 0 Å². The Morgan fingerprint density at radius 1 is 1.22 bits per heavy atom. The maximum absolute atomic E-state index is 5.56. The van der Waals surface area contributed by atoms with Gasteiger partial charge in [0.1, 0.15) is 11.6 Å². The lowest BCUT2D eigenvalue weighted by Gasteiger charge is -2.16. The van der Waals surface area contributed by atoms with E-state index in [0.29, 0.717) is 6.79 Å². The van der Waals surface area contributed by atoms with Gasteiger partial charge in [-0.1, -0.05) is 18.6 Å². The highest BCUT2D eigenvalue weighted by molar-refractivity contribution is 5.48. The number of rotatable bonds is 4. The van der Waals surface area contributed by atoms with Crippen molar-refractivity contribution in [1.82, 2.24) is 20.1 Å². The van der Waals surface area contributed by atoms with Crippen molar-refractivity contribution in [2.45, 2.75) is 51.7 Å². The van der Waals surface area contributed by atoms with Gasteiger partial charge in [-0.2, -0.15) is 0 Å². The van der Waals surface area contributed by atoms with Crippen molar-refractivity contribution in [3.63, 3.8) is 0 Å². The van der Waals surface area contributed by atoms with E-state index in [-0.39, 0.29) is 6.04 Å². The van der Waals surface area contributed by atoms with Gasteiger partial charge in [-0.05, 0) is 25.8 Å². The molecule has 2 aliphatic heterocycles. The fraction of sp³-hybridized carbons (Fsp3) is 0.529. The van der Waals surface area contributed by atoms with Crippen LogP contribution in [0.5, 0.6) is 11.5 Å². The van der Waals surface area contributed by atoms with Crippen molar-refractivity contribution in [2.24, 2.45) is 0 Å². The average molecular weight is 314 g/mol. The summed E-state index contributed by atoms with van der Waals surface area (Å²) in [5.41, 5.74) is 1.11. The summed E-state index contributed by atoms with van der Waals surface area (Å²) >= 11 is 0. The van der Waals surface area contributed by atoms with Crippen molar-refractivity contribution in [3.05, 3.63) is 35.4 Å². The molecule has 0 saturated heterocycles. The molecule has 0 saturated carbocycles. The molecule has 3 heterocycles. The van der Waals surface area contributed by atoms with Crippen LogP contribution in [0.4, 0.5) is 0 Å². The van der Waals surface area contributed by atoms with Gasteiger partial charge in [-0.15, -0.1) is 10.2 Å². The Hall–Kier alpha value is -2.08. The molecule has 0 amide bonds. The normalized spacial score (nSPS) is 17.6. The molecule has 0 aliphatic carbocycles. The molecule has 0 unspecified atom stereocenters. The molecular weight excluding hydrogens is 292 g/mol. The van der Waals surface area contributed by atoms with Crippen LogP contribution in [0.25, 0.3) is 0 Å². The lowest BCUT2D eigenvalue weighted by molar-refractivity contribution is 0.173. The fourth-order valence-electron chi connectivity index (χ4n) is 3.31. The minimum atomic E-state index is 0.146. The van der Waals surface area contributed by atoms with Crippen LogP contribution in [-0.4, -0.2) is 21.6 Å². The minimum Gasteiger partial charge on any atom is -0.454 e. The summed E-state index contributed by atoms with van der Waals surface area (Å²) in [6.07, 6.45) is 4.74. The van der Waals surface area contributed by atoms with Crippen LogP contribution < -0.4 is 14.8 Å². The molecule has 6 heteroatoms. The Kier molecular flexibility index (Phi) is 3.91. The summed E-state index contributed by atoms with van der Waals surface area (Å²) in [7, 11) is 0. The van der Waals surface area contributed by atoms with Gasteiger partial charge in [0.05, 0.1) is 6.04 Å². The smallest absolute Gasteiger partial charge is 0.231 e. The molecule has 0 bridgehead atoms. The SMILES string of the molecule is C[C@H](NCc1cccc2c1OCO2)c1nnc2n1CCCCC2. The van der Waals surface area contributed by atoms with E-state index in [4.69, 9.17) is 9.47 Å². The van der Waals surface area contributed by atoms with Gasteiger partial charge in [0, 0.05) is 25.1 Å². The van der Waals surface area contributed by atoms with E-state index in [2.05, 4.69) is 33.1 Å². The van der Waals surface area contributed by atoms with E-state index in [0.717, 1.165) is 48.2 Å². The van der Waals surface area contributed by atoms with Crippen molar-refractivity contribution in [2.75, 3.05) is 6.79 Å². The number of ether oxygens (including phenoxy) is 2. The Balaban J connectivity index is 1.48. The number of aryl methyl sites for hydroxylation is 1. The van der Waals surface area contributed by atoms with Crippen LogP contribution >= 0.6 is 0 Å². The molecule has 0 spiro atoms. The summed E-state index contributed by atoms with van der Waals surface area (Å²) in [4.78, 5) is 0. The zero-order valence-corrected chi connectivity index (χ0v) is 13.4. The third-order valence-electron chi connectivity index (χ3n) is 4.60. The van der Waals surface area contributed by atoms with E-state index in [1.807, 2.05) is 12.1 Å². The highest BCUT2D eigenvalue weighted by atomic mass is 16.7. The van der Waals surface area contributed by atoms with Crippen LogP contribution in [-0.2, 0) is 19.5 Å². The Labute approximate surface area is 135 Å². The monoisotopic (exact) mass is 314 g/mol. The summed E-state index contributed by atoms with van der Waals surface area (Å²) in [5, 5.41) is 12.3. The number of para-hydroxylation sites is 1. The first-order valence-corrected chi connectivity index (χ1v) is 8.36. The van der Waals surface area contributed by atoms with Crippen molar-refractivity contribution in [3.8, 4) is 11.5 Å². The minimum absolute atomic E-state index is 0.146. The molecule has 1 aromatic carbocycles. The van der Waals surface area contributed by atoms with Crippen molar-refractivity contribution in [1.29, 1.82) is 0 Å². The quantitative estimate of drug-likeness (QED) is 0.940. The number of hydrogen-bond donors (Lipinski definition) is 1. The standard InChI is InChI=1S/C17H22N4O2/c1-12(17-20-19-15-8-3-2-4-9-21(15)17)18-10-13-6-5-7-14-16(13)23-11-22-14/h5-7,12,18H,2-4,8-11H2,1H3/t12-/m0/s1. The van der Waals surface area contributed by atoms with E-state index >= 15 is 0 Å². The predicted molar refractivity (Wildman–Crippen MR) is 85.4 cm³/mol. The van der Waals surface area contributed by atoms with Gasteiger partial charge >= 0.3 is 0 Å². The summed E-state index contributed by atoms with van der Waals surface area (Å²) in [5.74, 6) is 3.84. The number of nitrogens with zero attached hydrogens (tertiary/aromatic N) is 3. The molecule has 2 aromatic rings. The first-order valence-electron chi connectivity index (χ1n) is 8.36. The molecule has 1 aromatic heterocycles. The van der Waals surface area contributed by atoms with Crippen LogP contribution in [0, 0.1) is 0 Å². The molecule has 122 valence electrons. The second-order valence-corrected chi connectivity index (χ2v) is 6.19. The Morgan fingerprint density at radius 3 is 3.13 bits per heavy atom. The zero-order chi connectivity index (χ0) is 15.6. The summed E-state index contributed by atoms with van der Waals surface area (Å²) in [6.45, 7) is 4.19. The van der Waals surface area contributed by atoms with E-state index < -0.39 is 0 Å². The predicted octanol–water partition coefficient (Wildman–Crippen LogP) is 2.58. The molecule has 2 aliphatic rings. The molecule has 4 rings (SSSR count). The lowest BCUT2D eigenvalue weighted by atomic mass is 10.1. The highest BCUT2D eigenvalue weighted by Crippen LogP contribution is 2.35. The molecule has 23 heavy (non-hydrogen) atoms. The number of hydrogen-bond acceptors (Lipinski definition) is 5. The number of benzene rings is 1. The first kappa shape index (κ1) is 14.5. The second-order valence-electron chi connectivity index (χ2n) is 6.19. The summed E-state index contributed by atoms with van der Waals surface area (Å²) < 4.78 is 13.3. The zero-order valence-electron chi connectivity index (χ0n) is 13.4. The van der Waals surface area contributed by atoms with Crippen LogP contribution in [0.15, 0.2) is 18.2 Å². The topological polar surface area (TPSA) is 61.2 Å². The van der Waals surface area contributed by atoms with E-state index in [9.17, 15) is 0 Å². The molecule has 0 fully saturated rings. The van der Waals surface area contributed by atoms with Gasteiger partial charge in [0.25, 0.3) is 0 Å². The highest BCUT2D eigenvalue weighted by Gasteiger charge is 2.21. The Bertz CT molecular complexity index is 698. The number of nitrogens with one attached hydrogen (secondary N) is 1. The van der Waals surface area contributed by atoms with Crippen LogP contribution in [0.2, 0.25) is 0 Å². The summed E-state index contributed by atoms with van der Waals surface area (Å²) in [6, 6.07) is 6.15. The number of fused-ring (bicyclic) bond motifs is 2. The Morgan fingerprint density at radius 2 is 2.17 bits per heavy atom. The van der Waals surface area contributed by atoms with Gasteiger partial charge in [0.15, 0.2) is 11.5 Å². The van der Waals surface area contributed by atoms with Gasteiger partial charge in [0.2, 0.25) is 6.79 Å². The van der Waals surface area contributed by atoms with E-state index in [1.165, 1.54) is 19.3 Å². The third-order valence-corrected chi connectivity index (χ3v) is 4.60. The molecule has 6 nitrogen and oxygen atoms in total. The third kappa shape index (κ3) is 2.79. The van der Waals surface area contributed by atoms with Gasteiger partial charge in [-0.25, -0.2) is 0 Å². The van der Waals surface area contributed by atoms with Crippen LogP contribution in [0.1, 0.15) is 49.4 Å². The maximum atomic E-state index is 5.56.